The molecule has 2 aromatic rings. The average Bonchev–Trinajstić information content (AvgIpc) is 3.00. The van der Waals surface area contributed by atoms with Gasteiger partial charge in [0.05, 0.1) is 29.1 Å². The van der Waals surface area contributed by atoms with Crippen molar-refractivity contribution < 1.29 is 17.9 Å². The van der Waals surface area contributed by atoms with Crippen molar-refractivity contribution in [2.75, 3.05) is 31.3 Å². The number of carbonyl (C=O) groups is 1. The number of nitrogens with zero attached hydrogens (tertiary/aromatic N) is 3. The van der Waals surface area contributed by atoms with Crippen molar-refractivity contribution in [1.29, 1.82) is 0 Å². The van der Waals surface area contributed by atoms with E-state index < -0.39 is 10.0 Å². The highest BCUT2D eigenvalue weighted by Gasteiger charge is 2.23. The molecule has 0 saturated heterocycles. The van der Waals surface area contributed by atoms with Crippen LogP contribution < -0.4 is 10.1 Å². The molecular formula is C22H34N4O4S2. The smallest absolute Gasteiger partial charge is 0.243 e. The molecule has 0 radical (unpaired) electrons. The number of amides is 1. The molecule has 0 saturated carbocycles. The average molecular weight is 483 g/mol. The number of ether oxygens (including phenoxy) is 1. The molecule has 10 heteroatoms. The molecule has 0 aliphatic carbocycles. The van der Waals surface area contributed by atoms with Crippen LogP contribution in [0.25, 0.3) is 0 Å². The summed E-state index contributed by atoms with van der Waals surface area (Å²) in [5, 5.41) is 3.60. The lowest BCUT2D eigenvalue weighted by Crippen LogP contribution is -2.30. The molecule has 0 aliphatic heterocycles. The molecule has 0 unspecified atom stereocenters. The van der Waals surface area contributed by atoms with Gasteiger partial charge in [-0.3, -0.25) is 4.79 Å². The van der Waals surface area contributed by atoms with Gasteiger partial charge in [0.2, 0.25) is 15.9 Å². The van der Waals surface area contributed by atoms with Gasteiger partial charge in [-0.05, 0) is 38.0 Å². The van der Waals surface area contributed by atoms with Crippen molar-refractivity contribution in [3.8, 4) is 5.75 Å². The first-order valence-corrected chi connectivity index (χ1v) is 13.1. The first-order chi connectivity index (χ1) is 15.0. The summed E-state index contributed by atoms with van der Waals surface area (Å²) in [6.07, 6.45) is 0. The number of imidazole rings is 1. The number of hydrogen-bond donors (Lipinski definition) is 1. The van der Waals surface area contributed by atoms with Gasteiger partial charge in [0.25, 0.3) is 0 Å². The number of rotatable bonds is 11. The molecule has 178 valence electrons. The fourth-order valence-corrected chi connectivity index (χ4v) is 5.67. The van der Waals surface area contributed by atoms with E-state index in [1.54, 1.807) is 19.9 Å². The number of methoxy groups -OCH3 is 1. The summed E-state index contributed by atoms with van der Waals surface area (Å²) in [6.45, 7) is 13.4. The zero-order chi connectivity index (χ0) is 24.1. The minimum atomic E-state index is -3.65. The van der Waals surface area contributed by atoms with Crippen molar-refractivity contribution in [2.45, 2.75) is 58.1 Å². The summed E-state index contributed by atoms with van der Waals surface area (Å²) in [7, 11) is -2.17. The van der Waals surface area contributed by atoms with E-state index in [9.17, 15) is 13.2 Å². The van der Waals surface area contributed by atoms with Gasteiger partial charge in [-0.1, -0.05) is 39.5 Å². The zero-order valence-corrected chi connectivity index (χ0v) is 21.6. The predicted molar refractivity (Wildman–Crippen MR) is 129 cm³/mol. The Morgan fingerprint density at radius 2 is 1.91 bits per heavy atom. The summed E-state index contributed by atoms with van der Waals surface area (Å²) in [5.74, 6) is 0.731. The summed E-state index contributed by atoms with van der Waals surface area (Å²) in [4.78, 5) is 17.4. The molecule has 0 aliphatic rings. The normalized spacial score (nSPS) is 11.9. The van der Waals surface area contributed by atoms with Gasteiger partial charge in [-0.15, -0.1) is 0 Å². The van der Waals surface area contributed by atoms with Crippen LogP contribution in [0.4, 0.5) is 5.69 Å². The summed E-state index contributed by atoms with van der Waals surface area (Å²) in [6, 6.07) is 4.50. The van der Waals surface area contributed by atoms with Crippen LogP contribution in [0.3, 0.4) is 0 Å². The molecule has 8 nitrogen and oxygen atoms in total. The van der Waals surface area contributed by atoms with Crippen molar-refractivity contribution in [3.63, 3.8) is 0 Å². The molecule has 0 fully saturated rings. The topological polar surface area (TPSA) is 93.5 Å². The van der Waals surface area contributed by atoms with Crippen molar-refractivity contribution in [3.05, 3.63) is 29.6 Å². The standard InChI is InChI=1S/C22H34N4O4S2/c1-8-25(9-2)32(28,29)18-10-11-20(30-7)19(12-18)24-21(27)14-31-22-23-16(5)17(6)26(22)13-15(3)4/h10-12,15H,8-9,13-14H2,1-7H3,(H,24,27). The SMILES string of the molecule is CCN(CC)S(=O)(=O)c1ccc(OC)c(NC(=O)CSc2nc(C)c(C)n2CC(C)C)c1. The fraction of sp³-hybridized carbons (Fsp3) is 0.545. The van der Waals surface area contributed by atoms with E-state index in [1.807, 2.05) is 13.8 Å². The monoisotopic (exact) mass is 482 g/mol. The highest BCUT2D eigenvalue weighted by Crippen LogP contribution is 2.30. The van der Waals surface area contributed by atoms with Gasteiger partial charge >= 0.3 is 0 Å². The van der Waals surface area contributed by atoms with Crippen molar-refractivity contribution in [2.24, 2.45) is 5.92 Å². The summed E-state index contributed by atoms with van der Waals surface area (Å²) < 4.78 is 34.6. The van der Waals surface area contributed by atoms with E-state index >= 15 is 0 Å². The van der Waals surface area contributed by atoms with E-state index in [1.165, 1.54) is 35.3 Å². The molecule has 32 heavy (non-hydrogen) atoms. The highest BCUT2D eigenvalue weighted by atomic mass is 32.2. The molecule has 2 rings (SSSR count). The van der Waals surface area contributed by atoms with E-state index in [0.29, 0.717) is 30.4 Å². The Balaban J connectivity index is 2.21. The van der Waals surface area contributed by atoms with Crippen LogP contribution in [0.2, 0.25) is 0 Å². The van der Waals surface area contributed by atoms with Crippen LogP contribution in [0.5, 0.6) is 5.75 Å². The highest BCUT2D eigenvalue weighted by molar-refractivity contribution is 7.99. The maximum absolute atomic E-state index is 12.9. The van der Waals surface area contributed by atoms with Crippen molar-refractivity contribution >= 4 is 33.4 Å². The van der Waals surface area contributed by atoms with Crippen LogP contribution >= 0.6 is 11.8 Å². The Hall–Kier alpha value is -2.04. The third-order valence-electron chi connectivity index (χ3n) is 5.09. The second-order valence-electron chi connectivity index (χ2n) is 7.86. The minimum Gasteiger partial charge on any atom is -0.495 e. The van der Waals surface area contributed by atoms with Gasteiger partial charge in [0.15, 0.2) is 5.16 Å². The number of carbonyl (C=O) groups excluding carboxylic acids is 1. The van der Waals surface area contributed by atoms with E-state index in [2.05, 4.69) is 28.7 Å². The van der Waals surface area contributed by atoms with Gasteiger partial charge in [0.1, 0.15) is 5.75 Å². The Morgan fingerprint density at radius 1 is 1.25 bits per heavy atom. The predicted octanol–water partition coefficient (Wildman–Crippen LogP) is 3.93. The van der Waals surface area contributed by atoms with E-state index in [4.69, 9.17) is 4.74 Å². The Bertz CT molecular complexity index is 1040. The maximum Gasteiger partial charge on any atom is 0.243 e. The number of aromatic nitrogens is 2. The van der Waals surface area contributed by atoms with Gasteiger partial charge in [0, 0.05) is 25.3 Å². The lowest BCUT2D eigenvalue weighted by Gasteiger charge is -2.19. The summed E-state index contributed by atoms with van der Waals surface area (Å²) in [5.41, 5.74) is 2.37. The number of thioether (sulfide) groups is 1. The maximum atomic E-state index is 12.9. The molecular weight excluding hydrogens is 448 g/mol. The third kappa shape index (κ3) is 6.05. The number of sulfonamides is 1. The number of nitrogens with one attached hydrogen (secondary N) is 1. The van der Waals surface area contributed by atoms with Crippen LogP contribution in [0, 0.1) is 19.8 Å². The second kappa shape index (κ2) is 11.2. The molecule has 1 aromatic carbocycles. The molecule has 1 aromatic heterocycles. The molecule has 0 atom stereocenters. The second-order valence-corrected chi connectivity index (χ2v) is 10.7. The number of benzene rings is 1. The zero-order valence-electron chi connectivity index (χ0n) is 19.9. The Labute approximate surface area is 195 Å². The molecule has 0 spiro atoms. The minimum absolute atomic E-state index is 0.115. The van der Waals surface area contributed by atoms with E-state index in [-0.39, 0.29) is 16.6 Å². The van der Waals surface area contributed by atoms with Crippen LogP contribution in [-0.2, 0) is 21.4 Å². The molecule has 1 amide bonds. The van der Waals surface area contributed by atoms with Crippen molar-refractivity contribution in [1.82, 2.24) is 13.9 Å². The Morgan fingerprint density at radius 3 is 2.47 bits per heavy atom. The number of hydrogen-bond acceptors (Lipinski definition) is 6. The van der Waals surface area contributed by atoms with Gasteiger partial charge < -0.3 is 14.6 Å². The van der Waals surface area contributed by atoms with Gasteiger partial charge in [-0.25, -0.2) is 13.4 Å². The quantitative estimate of drug-likeness (QED) is 0.488. The molecule has 1 N–H and O–H groups in total. The lowest BCUT2D eigenvalue weighted by molar-refractivity contribution is -0.113. The third-order valence-corrected chi connectivity index (χ3v) is 8.11. The molecule has 1 heterocycles. The first-order valence-electron chi connectivity index (χ1n) is 10.7. The van der Waals surface area contributed by atoms with Crippen LogP contribution in [-0.4, -0.2) is 54.1 Å². The largest absolute Gasteiger partial charge is 0.495 e. The lowest BCUT2D eigenvalue weighted by atomic mass is 10.2. The molecule has 0 bridgehead atoms. The van der Waals surface area contributed by atoms with Crippen LogP contribution in [0.1, 0.15) is 39.1 Å². The van der Waals surface area contributed by atoms with E-state index in [0.717, 1.165) is 23.1 Å². The van der Waals surface area contributed by atoms with Crippen LogP contribution in [0.15, 0.2) is 28.3 Å². The first kappa shape index (κ1) is 26.2. The summed E-state index contributed by atoms with van der Waals surface area (Å²) >= 11 is 1.36. The Kier molecular flexibility index (Phi) is 9.18. The number of anilines is 1. The number of aryl methyl sites for hydroxylation is 1. The fourth-order valence-electron chi connectivity index (χ4n) is 3.29. The van der Waals surface area contributed by atoms with Gasteiger partial charge in [-0.2, -0.15) is 4.31 Å².